The predicted octanol–water partition coefficient (Wildman–Crippen LogP) is 1.33. The van der Waals surface area contributed by atoms with Gasteiger partial charge in [0.2, 0.25) is 5.91 Å². The Kier molecular flexibility index (Phi) is 18.0. The van der Waals surface area contributed by atoms with E-state index >= 15 is 0 Å². The van der Waals surface area contributed by atoms with Crippen molar-refractivity contribution in [1.82, 2.24) is 10.4 Å². The topological polar surface area (TPSA) is 187 Å². The number of rotatable bonds is 21. The molecule has 1 fully saturated rings. The van der Waals surface area contributed by atoms with E-state index in [1.807, 2.05) is 0 Å². The summed E-state index contributed by atoms with van der Waals surface area (Å²) in [6.45, 7) is 1.44. The van der Waals surface area contributed by atoms with Crippen molar-refractivity contribution in [2.24, 2.45) is 0 Å². The monoisotopic (exact) mass is 556 g/mol. The van der Waals surface area contributed by atoms with E-state index in [0.29, 0.717) is 6.54 Å². The van der Waals surface area contributed by atoms with Crippen molar-refractivity contribution in [3.63, 3.8) is 0 Å². The number of ether oxygens (including phenoxy) is 2. The molecule has 0 aliphatic carbocycles. The first kappa shape index (κ1) is 34.4. The normalized spacial score (nSPS) is 26.5. The quantitative estimate of drug-likeness (QED) is 0.0798. The van der Waals surface area contributed by atoms with Gasteiger partial charge in [-0.15, -0.1) is 0 Å². The number of aliphatic hydroxyl groups is 4. The SMILES string of the molecule is CCCCCCCCCCCCCCNC(=O)C(CO[C@@H]1O[C@H](CO)[C@H](O)[C@H](O)[C@H]1O)NP(=O)(O)OC. The van der Waals surface area contributed by atoms with Crippen molar-refractivity contribution in [1.29, 1.82) is 0 Å². The smallest absolute Gasteiger partial charge is 0.394 e. The molecular formula is C24H49N2O10P. The molecule has 2 unspecified atom stereocenters. The maximum atomic E-state index is 12.7. The van der Waals surface area contributed by atoms with E-state index in [1.54, 1.807) is 0 Å². The molecule has 7 N–H and O–H groups in total. The largest absolute Gasteiger partial charge is 0.403 e. The number of hydrogen-bond donors (Lipinski definition) is 7. The van der Waals surface area contributed by atoms with Gasteiger partial charge < -0.3 is 44.6 Å². The molecule has 220 valence electrons. The van der Waals surface area contributed by atoms with Crippen LogP contribution in [-0.4, -0.2) is 94.8 Å². The third-order valence-electron chi connectivity index (χ3n) is 6.49. The minimum Gasteiger partial charge on any atom is -0.394 e. The highest BCUT2D eigenvalue weighted by Crippen LogP contribution is 2.36. The second kappa shape index (κ2) is 19.4. The number of nitrogens with one attached hydrogen (secondary N) is 2. The Hall–Kier alpha value is -0.660. The van der Waals surface area contributed by atoms with Crippen LogP contribution in [0.15, 0.2) is 0 Å². The molecule has 0 aromatic carbocycles. The molecule has 0 spiro atoms. The third-order valence-corrected chi connectivity index (χ3v) is 7.62. The molecule has 13 heteroatoms. The van der Waals surface area contributed by atoms with Crippen molar-refractivity contribution in [2.45, 2.75) is 121 Å². The molecular weight excluding hydrogens is 507 g/mol. The first-order valence-corrected chi connectivity index (χ1v) is 15.1. The summed E-state index contributed by atoms with van der Waals surface area (Å²) >= 11 is 0. The van der Waals surface area contributed by atoms with Gasteiger partial charge in [-0.05, 0) is 6.42 Å². The van der Waals surface area contributed by atoms with Crippen LogP contribution in [0.2, 0.25) is 0 Å². The Balaban J connectivity index is 2.38. The lowest BCUT2D eigenvalue weighted by Gasteiger charge is -2.39. The molecule has 0 aromatic rings. The zero-order valence-electron chi connectivity index (χ0n) is 22.3. The summed E-state index contributed by atoms with van der Waals surface area (Å²) in [7, 11) is -3.30. The van der Waals surface area contributed by atoms with Crippen molar-refractivity contribution >= 4 is 13.7 Å². The second-order valence-corrected chi connectivity index (χ2v) is 11.3. The van der Waals surface area contributed by atoms with E-state index in [4.69, 9.17) is 9.47 Å². The molecule has 0 aromatic heterocycles. The molecule has 7 atom stereocenters. The summed E-state index contributed by atoms with van der Waals surface area (Å²) in [4.78, 5) is 22.4. The van der Waals surface area contributed by atoms with Gasteiger partial charge in [0.05, 0.1) is 13.2 Å². The average molecular weight is 557 g/mol. The van der Waals surface area contributed by atoms with Crippen LogP contribution in [0, 0.1) is 0 Å². The maximum absolute atomic E-state index is 12.7. The van der Waals surface area contributed by atoms with Crippen molar-refractivity contribution < 1.29 is 48.7 Å². The number of unbranched alkanes of at least 4 members (excludes halogenated alkanes) is 11. The molecule has 1 heterocycles. The fourth-order valence-electron chi connectivity index (χ4n) is 4.12. The molecule has 1 saturated heterocycles. The van der Waals surface area contributed by atoms with E-state index in [0.717, 1.165) is 32.8 Å². The minimum atomic E-state index is -4.30. The molecule has 1 amide bonds. The number of carbonyl (C=O) groups is 1. The van der Waals surface area contributed by atoms with Gasteiger partial charge in [0, 0.05) is 13.7 Å². The van der Waals surface area contributed by atoms with Crippen molar-refractivity contribution in [3.05, 3.63) is 0 Å². The number of hydrogen-bond acceptors (Lipinski definition) is 9. The zero-order valence-corrected chi connectivity index (χ0v) is 23.2. The summed E-state index contributed by atoms with van der Waals surface area (Å²) in [5.41, 5.74) is 0. The fourth-order valence-corrected chi connectivity index (χ4v) is 4.81. The Morgan fingerprint density at radius 2 is 1.46 bits per heavy atom. The van der Waals surface area contributed by atoms with Gasteiger partial charge >= 0.3 is 7.75 Å². The van der Waals surface area contributed by atoms with Gasteiger partial charge in [0.25, 0.3) is 0 Å². The summed E-state index contributed by atoms with van der Waals surface area (Å²) < 4.78 is 27.1. The maximum Gasteiger partial charge on any atom is 0.403 e. The lowest BCUT2D eigenvalue weighted by Crippen LogP contribution is -2.60. The van der Waals surface area contributed by atoms with Crippen LogP contribution in [0.5, 0.6) is 0 Å². The lowest BCUT2D eigenvalue weighted by atomic mass is 9.99. The third kappa shape index (κ3) is 13.8. The number of aliphatic hydroxyl groups excluding tert-OH is 4. The van der Waals surface area contributed by atoms with E-state index < -0.39 is 63.6 Å². The van der Waals surface area contributed by atoms with E-state index in [2.05, 4.69) is 21.9 Å². The van der Waals surface area contributed by atoms with Crippen LogP contribution < -0.4 is 10.4 Å². The predicted molar refractivity (Wildman–Crippen MR) is 138 cm³/mol. The van der Waals surface area contributed by atoms with E-state index in [-0.39, 0.29) is 0 Å². The summed E-state index contributed by atoms with van der Waals surface area (Å²) in [5, 5.41) is 44.0. The summed E-state index contributed by atoms with van der Waals surface area (Å²) in [6.07, 6.45) is 6.72. The van der Waals surface area contributed by atoms with E-state index in [1.165, 1.54) is 51.4 Å². The van der Waals surface area contributed by atoms with Gasteiger partial charge in [-0.25, -0.2) is 9.65 Å². The Morgan fingerprint density at radius 3 is 1.97 bits per heavy atom. The highest BCUT2D eigenvalue weighted by atomic mass is 31.2. The highest BCUT2D eigenvalue weighted by molar-refractivity contribution is 7.50. The highest BCUT2D eigenvalue weighted by Gasteiger charge is 2.44. The first-order chi connectivity index (χ1) is 17.7. The van der Waals surface area contributed by atoms with E-state index in [9.17, 15) is 34.7 Å². The van der Waals surface area contributed by atoms with Gasteiger partial charge in [-0.2, -0.15) is 0 Å². The van der Waals surface area contributed by atoms with Crippen LogP contribution in [-0.2, 0) is 23.4 Å². The molecule has 0 bridgehead atoms. The lowest BCUT2D eigenvalue weighted by molar-refractivity contribution is -0.301. The first-order valence-electron chi connectivity index (χ1n) is 13.5. The van der Waals surface area contributed by atoms with Crippen molar-refractivity contribution in [2.75, 3.05) is 26.9 Å². The van der Waals surface area contributed by atoms with Crippen molar-refractivity contribution in [3.8, 4) is 0 Å². The second-order valence-electron chi connectivity index (χ2n) is 9.60. The van der Waals surface area contributed by atoms with Gasteiger partial charge in [-0.3, -0.25) is 4.79 Å². The fraction of sp³-hybridized carbons (Fsp3) is 0.958. The number of carbonyl (C=O) groups excluding carboxylic acids is 1. The average Bonchev–Trinajstić information content (AvgIpc) is 2.88. The molecule has 1 aliphatic rings. The molecule has 1 rings (SSSR count). The van der Waals surface area contributed by atoms with Gasteiger partial charge in [-0.1, -0.05) is 77.6 Å². The Morgan fingerprint density at radius 1 is 0.919 bits per heavy atom. The molecule has 0 saturated carbocycles. The Bertz CT molecular complexity index is 657. The standard InChI is InChI=1S/C24H49N2O10P/c1-3-4-5-6-7-8-9-10-11-12-13-14-15-25-23(31)18(26-37(32,33)34-2)17-35-24-22(30)21(29)20(28)19(16-27)36-24/h18-22,24,27-30H,3-17H2,1-2H3,(H,25,31)(H2,26,32,33)/t18?,19-,20+,21+,22-,24-/m1/s1. The van der Waals surface area contributed by atoms with Gasteiger partial charge in [0.15, 0.2) is 6.29 Å². The Labute approximate surface area is 220 Å². The molecule has 1 aliphatic heterocycles. The minimum absolute atomic E-state index is 0.372. The molecule has 0 radical (unpaired) electrons. The van der Waals surface area contributed by atoms with Crippen LogP contribution >= 0.6 is 7.75 Å². The zero-order chi connectivity index (χ0) is 27.7. The van der Waals surface area contributed by atoms with Crippen LogP contribution in [0.1, 0.15) is 84.0 Å². The number of amides is 1. The molecule has 12 nitrogen and oxygen atoms in total. The summed E-state index contributed by atoms with van der Waals surface area (Å²) in [5.74, 6) is -0.612. The van der Waals surface area contributed by atoms with Crippen LogP contribution in [0.3, 0.4) is 0 Å². The summed E-state index contributed by atoms with van der Waals surface area (Å²) in [6, 6.07) is -1.33. The molecule has 37 heavy (non-hydrogen) atoms. The van der Waals surface area contributed by atoms with Crippen LogP contribution in [0.4, 0.5) is 0 Å². The van der Waals surface area contributed by atoms with Gasteiger partial charge in [0.1, 0.15) is 30.5 Å². The van der Waals surface area contributed by atoms with Crippen LogP contribution in [0.25, 0.3) is 0 Å².